The summed E-state index contributed by atoms with van der Waals surface area (Å²) in [4.78, 5) is 9.63. The first-order chi connectivity index (χ1) is 11.9. The Balaban J connectivity index is 1.81. The van der Waals surface area contributed by atoms with E-state index in [1.54, 1.807) is 18.3 Å². The lowest BCUT2D eigenvalue weighted by Gasteiger charge is -2.46. The zero-order valence-electron chi connectivity index (χ0n) is 15.4. The molecule has 142 valence electrons. The molecule has 1 fully saturated rings. The molecule has 2 aromatic rings. The molecule has 0 amide bonds. The molecule has 1 saturated heterocycles. The molecule has 0 saturated carbocycles. The zero-order chi connectivity index (χ0) is 19.2. The van der Waals surface area contributed by atoms with Crippen LogP contribution in [-0.2, 0) is 10.0 Å². The topological polar surface area (TPSA) is 110 Å². The minimum absolute atomic E-state index is 0.0230. The fourth-order valence-electron chi connectivity index (χ4n) is 3.78. The normalized spacial score (nSPS) is 20.0. The summed E-state index contributed by atoms with van der Waals surface area (Å²) in [7, 11) is -3.70. The Morgan fingerprint density at radius 1 is 1.19 bits per heavy atom. The smallest absolute Gasteiger partial charge is 0.247 e. The number of thiophene rings is 1. The van der Waals surface area contributed by atoms with Crippen LogP contribution in [0.15, 0.2) is 28.6 Å². The van der Waals surface area contributed by atoms with Gasteiger partial charge in [-0.1, -0.05) is 0 Å². The van der Waals surface area contributed by atoms with Gasteiger partial charge in [0.05, 0.1) is 10.6 Å². The second-order valence-electron chi connectivity index (χ2n) is 8.07. The third-order valence-corrected chi connectivity index (χ3v) is 6.84. The standard InChI is InChI=1S/C17H25N5O2S2/c1-16(2)9-11(10-17(3,4)22-16)20-15-19-8-7-12(21-15)13-5-6-14(25-13)26(18,23)24/h5-8,11,22H,9-10H2,1-4H3,(H2,18,23,24)(H,19,20,21). The number of primary sulfonamides is 1. The fourth-order valence-corrected chi connectivity index (χ4v) is 5.48. The molecule has 0 aliphatic carbocycles. The molecule has 7 nitrogen and oxygen atoms in total. The lowest BCUT2D eigenvalue weighted by atomic mass is 9.80. The number of rotatable bonds is 4. The van der Waals surface area contributed by atoms with Gasteiger partial charge in [0.25, 0.3) is 0 Å². The first kappa shape index (κ1) is 19.2. The molecule has 26 heavy (non-hydrogen) atoms. The number of nitrogens with one attached hydrogen (secondary N) is 2. The monoisotopic (exact) mass is 395 g/mol. The predicted molar refractivity (Wildman–Crippen MR) is 105 cm³/mol. The number of hydrogen-bond acceptors (Lipinski definition) is 7. The van der Waals surface area contributed by atoms with Gasteiger partial charge in [-0.15, -0.1) is 11.3 Å². The Morgan fingerprint density at radius 2 is 1.85 bits per heavy atom. The van der Waals surface area contributed by atoms with Crippen molar-refractivity contribution < 1.29 is 8.42 Å². The van der Waals surface area contributed by atoms with Crippen LogP contribution in [0.1, 0.15) is 40.5 Å². The van der Waals surface area contributed by atoms with E-state index in [-0.39, 0.29) is 21.3 Å². The van der Waals surface area contributed by atoms with Crippen LogP contribution < -0.4 is 15.8 Å². The number of nitrogens with zero attached hydrogens (tertiary/aromatic N) is 2. The van der Waals surface area contributed by atoms with E-state index in [0.717, 1.165) is 29.1 Å². The molecule has 0 bridgehead atoms. The molecule has 2 aromatic heterocycles. The molecule has 1 aliphatic rings. The summed E-state index contributed by atoms with van der Waals surface area (Å²) in [6.45, 7) is 8.78. The van der Waals surface area contributed by atoms with E-state index in [2.05, 4.69) is 48.3 Å². The highest BCUT2D eigenvalue weighted by Crippen LogP contribution is 2.31. The largest absolute Gasteiger partial charge is 0.351 e. The number of anilines is 1. The van der Waals surface area contributed by atoms with Gasteiger partial charge in [-0.25, -0.2) is 23.5 Å². The van der Waals surface area contributed by atoms with Crippen molar-refractivity contribution in [3.05, 3.63) is 24.4 Å². The van der Waals surface area contributed by atoms with E-state index in [1.165, 1.54) is 6.07 Å². The van der Waals surface area contributed by atoms with Gasteiger partial charge in [0.15, 0.2) is 0 Å². The van der Waals surface area contributed by atoms with Gasteiger partial charge in [0.1, 0.15) is 4.21 Å². The maximum absolute atomic E-state index is 11.5. The van der Waals surface area contributed by atoms with E-state index < -0.39 is 10.0 Å². The second-order valence-corrected chi connectivity index (χ2v) is 10.9. The molecule has 0 atom stereocenters. The first-order valence-corrected chi connectivity index (χ1v) is 10.8. The molecule has 0 unspecified atom stereocenters. The van der Waals surface area contributed by atoms with Crippen molar-refractivity contribution in [1.29, 1.82) is 0 Å². The summed E-state index contributed by atoms with van der Waals surface area (Å²) >= 11 is 1.11. The lowest BCUT2D eigenvalue weighted by molar-refractivity contribution is 0.170. The van der Waals surface area contributed by atoms with Crippen LogP contribution in [0.5, 0.6) is 0 Å². The van der Waals surface area contributed by atoms with Crippen LogP contribution in [0, 0.1) is 0 Å². The third-order valence-electron chi connectivity index (χ3n) is 4.29. The zero-order valence-corrected chi connectivity index (χ0v) is 17.0. The highest BCUT2D eigenvalue weighted by atomic mass is 32.2. The summed E-state index contributed by atoms with van der Waals surface area (Å²) < 4.78 is 23.1. The van der Waals surface area contributed by atoms with Crippen molar-refractivity contribution in [2.45, 2.75) is 61.9 Å². The first-order valence-electron chi connectivity index (χ1n) is 8.46. The molecule has 4 N–H and O–H groups in total. The maximum atomic E-state index is 11.5. The van der Waals surface area contributed by atoms with Crippen LogP contribution in [-0.4, -0.2) is 35.5 Å². The molecular weight excluding hydrogens is 370 g/mol. The number of piperidine rings is 1. The van der Waals surface area contributed by atoms with Crippen molar-refractivity contribution in [1.82, 2.24) is 15.3 Å². The average Bonchev–Trinajstić information content (AvgIpc) is 2.93. The number of hydrogen-bond donors (Lipinski definition) is 3. The van der Waals surface area contributed by atoms with Crippen LogP contribution in [0.4, 0.5) is 5.95 Å². The highest BCUT2D eigenvalue weighted by Gasteiger charge is 2.37. The Bertz CT molecular complexity index is 889. The average molecular weight is 396 g/mol. The Kier molecular flexibility index (Phi) is 4.85. The lowest BCUT2D eigenvalue weighted by Crippen LogP contribution is -2.60. The van der Waals surface area contributed by atoms with Gasteiger partial charge < -0.3 is 10.6 Å². The van der Waals surface area contributed by atoms with E-state index in [9.17, 15) is 8.42 Å². The van der Waals surface area contributed by atoms with Crippen LogP contribution in [0.25, 0.3) is 10.6 Å². The Hall–Kier alpha value is -1.55. The van der Waals surface area contributed by atoms with Crippen LogP contribution in [0.3, 0.4) is 0 Å². The highest BCUT2D eigenvalue weighted by molar-refractivity contribution is 7.91. The Labute approximate surface area is 158 Å². The van der Waals surface area contributed by atoms with Crippen molar-refractivity contribution in [2.75, 3.05) is 5.32 Å². The summed E-state index contributed by atoms with van der Waals surface area (Å²) in [5.41, 5.74) is 0.722. The van der Waals surface area contributed by atoms with Crippen molar-refractivity contribution in [3.8, 4) is 10.6 Å². The minimum atomic E-state index is -3.70. The molecule has 1 aliphatic heterocycles. The molecule has 9 heteroatoms. The molecule has 0 spiro atoms. The fraction of sp³-hybridized carbons (Fsp3) is 0.529. The van der Waals surface area contributed by atoms with Gasteiger partial charge in [0, 0.05) is 23.3 Å². The van der Waals surface area contributed by atoms with Gasteiger partial charge in [0.2, 0.25) is 16.0 Å². The van der Waals surface area contributed by atoms with Gasteiger partial charge >= 0.3 is 0 Å². The van der Waals surface area contributed by atoms with Crippen molar-refractivity contribution in [2.24, 2.45) is 5.14 Å². The third kappa shape index (κ3) is 4.59. The second kappa shape index (κ2) is 6.56. The molecule has 3 heterocycles. The SMILES string of the molecule is CC1(C)CC(Nc2nccc(-c3ccc(S(N)(=O)=O)s3)n2)CC(C)(C)N1. The van der Waals surface area contributed by atoms with E-state index >= 15 is 0 Å². The minimum Gasteiger partial charge on any atom is -0.351 e. The summed E-state index contributed by atoms with van der Waals surface area (Å²) in [5, 5.41) is 12.3. The summed E-state index contributed by atoms with van der Waals surface area (Å²) in [6.07, 6.45) is 3.59. The van der Waals surface area contributed by atoms with E-state index in [0.29, 0.717) is 11.6 Å². The number of nitrogens with two attached hydrogens (primary N) is 1. The molecule has 3 rings (SSSR count). The number of aromatic nitrogens is 2. The summed E-state index contributed by atoms with van der Waals surface area (Å²) in [5.74, 6) is 0.548. The van der Waals surface area contributed by atoms with Crippen LogP contribution in [0.2, 0.25) is 0 Å². The van der Waals surface area contributed by atoms with Gasteiger partial charge in [-0.2, -0.15) is 0 Å². The molecule has 0 aromatic carbocycles. The maximum Gasteiger partial charge on any atom is 0.247 e. The quantitative estimate of drug-likeness (QED) is 0.734. The Morgan fingerprint density at radius 3 is 2.42 bits per heavy atom. The summed E-state index contributed by atoms with van der Waals surface area (Å²) in [6, 6.07) is 5.23. The van der Waals surface area contributed by atoms with E-state index in [1.807, 2.05) is 0 Å². The van der Waals surface area contributed by atoms with E-state index in [4.69, 9.17) is 5.14 Å². The predicted octanol–water partition coefficient (Wildman–Crippen LogP) is 2.57. The molecule has 0 radical (unpaired) electrons. The van der Waals surface area contributed by atoms with Crippen molar-refractivity contribution >= 4 is 27.3 Å². The number of sulfonamides is 1. The van der Waals surface area contributed by atoms with Crippen LogP contribution >= 0.6 is 11.3 Å². The van der Waals surface area contributed by atoms with Gasteiger partial charge in [-0.05, 0) is 58.7 Å². The van der Waals surface area contributed by atoms with Gasteiger partial charge in [-0.3, -0.25) is 0 Å². The van der Waals surface area contributed by atoms with Crippen molar-refractivity contribution in [3.63, 3.8) is 0 Å². The molecular formula is C17H25N5O2S2.